The molecule has 1 amide bonds. The van der Waals surface area contributed by atoms with Gasteiger partial charge in [-0.15, -0.1) is 0 Å². The highest BCUT2D eigenvalue weighted by atomic mass is 32.2. The third kappa shape index (κ3) is 3.80. The summed E-state index contributed by atoms with van der Waals surface area (Å²) in [5.41, 5.74) is 0.626. The number of hydrogen-bond acceptors (Lipinski definition) is 6. The van der Waals surface area contributed by atoms with E-state index in [1.807, 2.05) is 4.90 Å². The average molecular weight is 376 g/mol. The van der Waals surface area contributed by atoms with Gasteiger partial charge in [-0.2, -0.15) is 0 Å². The maximum absolute atomic E-state index is 12.8. The Labute approximate surface area is 153 Å². The molecule has 3 rings (SSSR count). The number of amides is 1. The first kappa shape index (κ1) is 18.6. The maximum atomic E-state index is 12.8. The van der Waals surface area contributed by atoms with Crippen LogP contribution in [0.3, 0.4) is 0 Å². The van der Waals surface area contributed by atoms with Crippen molar-refractivity contribution in [2.75, 3.05) is 18.1 Å². The second kappa shape index (κ2) is 7.19. The van der Waals surface area contributed by atoms with Crippen LogP contribution >= 0.6 is 0 Å². The minimum absolute atomic E-state index is 0.0308. The van der Waals surface area contributed by atoms with Crippen molar-refractivity contribution in [2.24, 2.45) is 0 Å². The van der Waals surface area contributed by atoms with Crippen molar-refractivity contribution in [2.45, 2.75) is 50.1 Å². The molecule has 0 saturated carbocycles. The molecule has 7 nitrogen and oxygen atoms in total. The van der Waals surface area contributed by atoms with E-state index in [4.69, 9.17) is 0 Å². The highest BCUT2D eigenvalue weighted by molar-refractivity contribution is 7.90. The maximum Gasteiger partial charge on any atom is 0.245 e. The summed E-state index contributed by atoms with van der Waals surface area (Å²) in [5.74, 6) is 0.495. The Hall–Kier alpha value is -2.22. The first-order chi connectivity index (χ1) is 12.3. The number of fused-ring (bicyclic) bond motifs is 1. The van der Waals surface area contributed by atoms with Crippen LogP contribution in [0.15, 0.2) is 29.4 Å². The number of rotatable bonds is 4. The number of carbonyl (C=O) groups excluding carboxylic acids is 1. The molecule has 2 aromatic rings. The summed E-state index contributed by atoms with van der Waals surface area (Å²) in [7, 11) is -3.34. The van der Waals surface area contributed by atoms with E-state index in [0.29, 0.717) is 16.7 Å². The third-order valence-corrected chi connectivity index (χ3v) is 5.95. The molecule has 1 aromatic heterocycles. The molecule has 1 N–H and O–H groups in total. The Bertz CT molecular complexity index is 929. The highest BCUT2D eigenvalue weighted by Crippen LogP contribution is 2.24. The molecular formula is C18H24N4O3S. The number of benzene rings is 1. The molecule has 2 atom stereocenters. The molecule has 1 fully saturated rings. The Morgan fingerprint density at radius 1 is 1.31 bits per heavy atom. The van der Waals surface area contributed by atoms with Gasteiger partial charge in [0.05, 0.1) is 10.4 Å². The summed E-state index contributed by atoms with van der Waals surface area (Å²) < 4.78 is 23.7. The molecule has 1 aliphatic heterocycles. The molecule has 0 radical (unpaired) electrons. The van der Waals surface area contributed by atoms with Gasteiger partial charge in [-0.1, -0.05) is 0 Å². The summed E-state index contributed by atoms with van der Waals surface area (Å²) in [5, 5.41) is 3.73. The van der Waals surface area contributed by atoms with Gasteiger partial charge >= 0.3 is 0 Å². The van der Waals surface area contributed by atoms with Crippen molar-refractivity contribution in [1.29, 1.82) is 0 Å². The quantitative estimate of drug-likeness (QED) is 0.880. The zero-order valence-corrected chi connectivity index (χ0v) is 16.1. The van der Waals surface area contributed by atoms with Gasteiger partial charge in [-0.05, 0) is 51.3 Å². The van der Waals surface area contributed by atoms with Gasteiger partial charge in [0, 0.05) is 24.2 Å². The molecule has 0 aliphatic carbocycles. The van der Waals surface area contributed by atoms with E-state index in [9.17, 15) is 13.2 Å². The average Bonchev–Trinajstić information content (AvgIpc) is 2.60. The zero-order valence-electron chi connectivity index (χ0n) is 15.3. The van der Waals surface area contributed by atoms with Crippen LogP contribution in [-0.2, 0) is 14.6 Å². The molecule has 1 aromatic carbocycles. The number of piperidine rings is 1. The highest BCUT2D eigenvalue weighted by Gasteiger charge is 2.27. The zero-order chi connectivity index (χ0) is 18.9. The number of sulfone groups is 1. The van der Waals surface area contributed by atoms with Crippen molar-refractivity contribution < 1.29 is 13.2 Å². The van der Waals surface area contributed by atoms with E-state index in [1.165, 1.54) is 12.4 Å². The van der Waals surface area contributed by atoms with Gasteiger partial charge in [-0.3, -0.25) is 4.79 Å². The van der Waals surface area contributed by atoms with E-state index in [-0.39, 0.29) is 16.8 Å². The van der Waals surface area contributed by atoms with Crippen LogP contribution in [0.5, 0.6) is 0 Å². The molecule has 1 aliphatic rings. The number of hydrogen-bond donors (Lipinski definition) is 1. The molecule has 1 saturated heterocycles. The van der Waals surface area contributed by atoms with Crippen molar-refractivity contribution >= 4 is 32.5 Å². The standard InChI is InChI=1S/C18H24N4O3S/c1-12-6-4-5-9-22(12)18(23)13(2)21-17-15-10-14(26(3,24)25)7-8-16(15)19-11-20-17/h7-8,10-13H,4-6,9H2,1-3H3,(H,19,20,21). The number of likely N-dealkylation sites (tertiary alicyclic amines) is 1. The topological polar surface area (TPSA) is 92.3 Å². The number of carbonyl (C=O) groups is 1. The first-order valence-corrected chi connectivity index (χ1v) is 10.7. The van der Waals surface area contributed by atoms with Crippen LogP contribution in [0.25, 0.3) is 10.9 Å². The Morgan fingerprint density at radius 2 is 2.08 bits per heavy atom. The lowest BCUT2D eigenvalue weighted by Crippen LogP contribution is -2.48. The number of aromatic nitrogens is 2. The first-order valence-electron chi connectivity index (χ1n) is 8.79. The molecule has 8 heteroatoms. The summed E-state index contributed by atoms with van der Waals surface area (Å²) in [4.78, 5) is 23.3. The smallest absolute Gasteiger partial charge is 0.245 e. The van der Waals surface area contributed by atoms with E-state index >= 15 is 0 Å². The second-order valence-corrected chi connectivity index (χ2v) is 8.93. The van der Waals surface area contributed by atoms with Crippen molar-refractivity contribution in [3.05, 3.63) is 24.5 Å². The normalized spacial score (nSPS) is 19.3. The van der Waals surface area contributed by atoms with E-state index in [0.717, 1.165) is 32.1 Å². The van der Waals surface area contributed by atoms with Crippen molar-refractivity contribution in [3.63, 3.8) is 0 Å². The van der Waals surface area contributed by atoms with Gasteiger partial charge in [-0.25, -0.2) is 18.4 Å². The fourth-order valence-electron chi connectivity index (χ4n) is 3.32. The summed E-state index contributed by atoms with van der Waals surface area (Å²) in [6, 6.07) is 4.50. The lowest BCUT2D eigenvalue weighted by molar-refractivity contribution is -0.134. The molecule has 0 spiro atoms. The predicted molar refractivity (Wildman–Crippen MR) is 101 cm³/mol. The minimum Gasteiger partial charge on any atom is -0.358 e. The number of nitrogens with zero attached hydrogens (tertiary/aromatic N) is 3. The number of anilines is 1. The molecule has 0 bridgehead atoms. The third-order valence-electron chi connectivity index (χ3n) is 4.84. The van der Waals surface area contributed by atoms with Crippen LogP contribution in [0.2, 0.25) is 0 Å². The van der Waals surface area contributed by atoms with Gasteiger partial charge in [0.15, 0.2) is 9.84 Å². The monoisotopic (exact) mass is 376 g/mol. The predicted octanol–water partition coefficient (Wildman–Crippen LogP) is 2.23. The summed E-state index contributed by atoms with van der Waals surface area (Å²) in [6.07, 6.45) is 5.77. The van der Waals surface area contributed by atoms with Crippen LogP contribution in [0.4, 0.5) is 5.82 Å². The van der Waals surface area contributed by atoms with Crippen LogP contribution < -0.4 is 5.32 Å². The molecular weight excluding hydrogens is 352 g/mol. The fraction of sp³-hybridized carbons (Fsp3) is 0.500. The Morgan fingerprint density at radius 3 is 2.77 bits per heavy atom. The van der Waals surface area contributed by atoms with Crippen LogP contribution in [0.1, 0.15) is 33.1 Å². The van der Waals surface area contributed by atoms with E-state index in [2.05, 4.69) is 22.2 Å². The lowest BCUT2D eigenvalue weighted by atomic mass is 10.0. The fourth-order valence-corrected chi connectivity index (χ4v) is 3.97. The second-order valence-electron chi connectivity index (χ2n) is 6.92. The molecule has 2 heterocycles. The Balaban J connectivity index is 1.89. The summed E-state index contributed by atoms with van der Waals surface area (Å²) >= 11 is 0. The molecule has 140 valence electrons. The minimum atomic E-state index is -3.34. The number of nitrogens with one attached hydrogen (secondary N) is 1. The SMILES string of the molecule is CC(Nc1ncnc2ccc(S(C)(=O)=O)cc12)C(=O)N1CCCCC1C. The largest absolute Gasteiger partial charge is 0.358 e. The Kier molecular flexibility index (Phi) is 5.13. The van der Waals surface area contributed by atoms with Crippen LogP contribution in [0, 0.1) is 0 Å². The van der Waals surface area contributed by atoms with Crippen LogP contribution in [-0.4, -0.2) is 54.1 Å². The van der Waals surface area contributed by atoms with E-state index in [1.54, 1.807) is 19.1 Å². The molecule has 26 heavy (non-hydrogen) atoms. The van der Waals surface area contributed by atoms with Gasteiger partial charge < -0.3 is 10.2 Å². The van der Waals surface area contributed by atoms with Gasteiger partial charge in [0.1, 0.15) is 18.2 Å². The van der Waals surface area contributed by atoms with Gasteiger partial charge in [0.2, 0.25) is 5.91 Å². The van der Waals surface area contributed by atoms with E-state index < -0.39 is 15.9 Å². The summed E-state index contributed by atoms with van der Waals surface area (Å²) in [6.45, 7) is 4.65. The lowest BCUT2D eigenvalue weighted by Gasteiger charge is -2.35. The van der Waals surface area contributed by atoms with Crippen molar-refractivity contribution in [1.82, 2.24) is 14.9 Å². The van der Waals surface area contributed by atoms with Gasteiger partial charge in [0.25, 0.3) is 0 Å². The van der Waals surface area contributed by atoms with Crippen molar-refractivity contribution in [3.8, 4) is 0 Å². The molecule has 2 unspecified atom stereocenters.